The molecule has 2 atom stereocenters. The Hall–Kier alpha value is -0.0700. The highest BCUT2D eigenvalue weighted by atomic mass is 32.1. The zero-order valence-electron chi connectivity index (χ0n) is 4.72. The van der Waals surface area contributed by atoms with Gasteiger partial charge in [-0.3, -0.25) is 10.1 Å². The van der Waals surface area contributed by atoms with Crippen LogP contribution in [0.15, 0.2) is 0 Å². The van der Waals surface area contributed by atoms with Crippen molar-refractivity contribution in [2.45, 2.75) is 0 Å². The van der Waals surface area contributed by atoms with Crippen molar-refractivity contribution in [3.05, 3.63) is 10.4 Å². The lowest BCUT2D eigenvalue weighted by molar-refractivity contribution is -0.857. The van der Waals surface area contributed by atoms with Crippen LogP contribution in [0.5, 0.6) is 0 Å². The summed E-state index contributed by atoms with van der Waals surface area (Å²) in [4.78, 5) is 0. The van der Waals surface area contributed by atoms with Gasteiger partial charge in [-0.2, -0.15) is 0 Å². The van der Waals surface area contributed by atoms with E-state index in [4.69, 9.17) is 0 Å². The third-order valence-electron chi connectivity index (χ3n) is 0.640. The molecule has 0 fully saturated rings. The zero-order valence-corrected chi connectivity index (χ0v) is 5.54. The van der Waals surface area contributed by atoms with E-state index in [1.54, 1.807) is 0 Å². The lowest BCUT2D eigenvalue weighted by atomic mass is 10.9. The molecule has 0 saturated heterocycles. The van der Waals surface area contributed by atoms with E-state index >= 15 is 0 Å². The molecule has 0 heterocycles. The first kappa shape index (κ1) is 7.93. The molecule has 2 unspecified atom stereocenters. The molecule has 2 N–H and O–H groups in total. The number of hydroxylamine groups is 4. The number of thiocarbonyl (C=S) groups is 1. The van der Waals surface area contributed by atoms with Gasteiger partial charge >= 0.3 is 5.11 Å². The largest absolute Gasteiger partial charge is 0.625 e. The Morgan fingerprint density at radius 2 is 1.50 bits per heavy atom. The third-order valence-corrected chi connectivity index (χ3v) is 1.21. The fraction of sp³-hybridized carbons (Fsp3) is 0.667. The summed E-state index contributed by atoms with van der Waals surface area (Å²) in [7, 11) is 2.56. The zero-order chi connectivity index (χ0) is 6.73. The molecule has 0 aliphatic heterocycles. The van der Waals surface area contributed by atoms with Gasteiger partial charge < -0.3 is 10.4 Å². The van der Waals surface area contributed by atoms with E-state index in [9.17, 15) is 10.4 Å². The molecular formula is C3H8N2O2S. The molecule has 0 aromatic rings. The quantitative estimate of drug-likeness (QED) is 0.281. The highest BCUT2D eigenvalue weighted by Crippen LogP contribution is 1.40. The summed E-state index contributed by atoms with van der Waals surface area (Å²) in [6.07, 6.45) is 0. The van der Waals surface area contributed by atoms with Crippen LogP contribution in [0.4, 0.5) is 0 Å². The van der Waals surface area contributed by atoms with Gasteiger partial charge in [0.05, 0.1) is 26.3 Å². The second-order valence-electron chi connectivity index (χ2n) is 1.44. The molecular weight excluding hydrogens is 128 g/mol. The molecule has 4 nitrogen and oxygen atoms in total. The van der Waals surface area contributed by atoms with Gasteiger partial charge in [0.1, 0.15) is 0 Å². The summed E-state index contributed by atoms with van der Waals surface area (Å²) in [6.45, 7) is 0. The van der Waals surface area contributed by atoms with Crippen LogP contribution in [-0.4, -0.2) is 19.2 Å². The van der Waals surface area contributed by atoms with E-state index in [1.807, 2.05) is 0 Å². The molecule has 0 bridgehead atoms. The maximum Gasteiger partial charge on any atom is 0.360 e. The second-order valence-corrected chi connectivity index (χ2v) is 1.85. The molecule has 0 spiro atoms. The fourth-order valence-corrected chi connectivity index (χ4v) is 0.248. The molecule has 8 heavy (non-hydrogen) atoms. The van der Waals surface area contributed by atoms with Crippen molar-refractivity contribution in [3.63, 3.8) is 0 Å². The predicted octanol–water partition coefficient (Wildman–Crippen LogP) is -2.70. The van der Waals surface area contributed by atoms with Crippen LogP contribution in [0.1, 0.15) is 0 Å². The van der Waals surface area contributed by atoms with E-state index in [1.165, 1.54) is 14.1 Å². The Labute approximate surface area is 52.8 Å². The first-order valence-corrected chi connectivity index (χ1v) is 2.52. The number of nitrogens with one attached hydrogen (secondary N) is 2. The van der Waals surface area contributed by atoms with E-state index in [2.05, 4.69) is 12.2 Å². The molecule has 0 aromatic carbocycles. The van der Waals surface area contributed by atoms with Crippen LogP contribution in [0.2, 0.25) is 0 Å². The minimum Gasteiger partial charge on any atom is -0.625 e. The van der Waals surface area contributed by atoms with Gasteiger partial charge in [-0.25, -0.2) is 0 Å². The Bertz CT molecular complexity index is 83.3. The highest BCUT2D eigenvalue weighted by Gasteiger charge is 2.03. The van der Waals surface area contributed by atoms with Gasteiger partial charge in [0, 0.05) is 0 Å². The molecule has 0 aromatic heterocycles. The van der Waals surface area contributed by atoms with Crippen molar-refractivity contribution in [3.8, 4) is 0 Å². The minimum atomic E-state index is -0.326. The number of hydrogen-bond donors (Lipinski definition) is 2. The van der Waals surface area contributed by atoms with Gasteiger partial charge in [-0.15, -0.1) is 0 Å². The van der Waals surface area contributed by atoms with Crippen molar-refractivity contribution in [1.29, 1.82) is 0 Å². The Morgan fingerprint density at radius 1 is 1.25 bits per heavy atom. The highest BCUT2D eigenvalue weighted by molar-refractivity contribution is 7.79. The third kappa shape index (κ3) is 2.29. The molecule has 0 amide bonds. The maximum absolute atomic E-state index is 10.2. The van der Waals surface area contributed by atoms with Crippen LogP contribution in [-0.2, 0) is 0 Å². The average Bonchev–Trinajstić information content (AvgIpc) is 1.64. The predicted molar refractivity (Wildman–Crippen MR) is 33.1 cm³/mol. The van der Waals surface area contributed by atoms with Gasteiger partial charge in [-0.1, -0.05) is 0 Å². The Balaban J connectivity index is 3.65. The number of rotatable bonds is 0. The summed E-state index contributed by atoms with van der Waals surface area (Å²) in [6, 6.07) is 0. The Morgan fingerprint density at radius 3 is 1.50 bits per heavy atom. The van der Waals surface area contributed by atoms with Gasteiger partial charge in [0.25, 0.3) is 0 Å². The minimum absolute atomic E-state index is 0.0926. The van der Waals surface area contributed by atoms with Crippen molar-refractivity contribution < 1.29 is 10.1 Å². The lowest BCUT2D eigenvalue weighted by Gasteiger charge is -2.21. The summed E-state index contributed by atoms with van der Waals surface area (Å²) < 4.78 is 0. The second kappa shape index (κ2) is 3.06. The van der Waals surface area contributed by atoms with Crippen molar-refractivity contribution >= 4 is 17.3 Å². The molecule has 0 saturated carbocycles. The Kier molecular flexibility index (Phi) is 3.03. The topological polar surface area (TPSA) is 55.0 Å². The van der Waals surface area contributed by atoms with Gasteiger partial charge in [0.2, 0.25) is 0 Å². The number of hydrogen-bond acceptors (Lipinski definition) is 3. The summed E-state index contributed by atoms with van der Waals surface area (Å²) in [5.74, 6) is 0. The molecule has 48 valence electrons. The van der Waals surface area contributed by atoms with Crippen LogP contribution in [0.3, 0.4) is 0 Å². The maximum atomic E-state index is 10.2. The molecule has 0 aliphatic carbocycles. The fourth-order valence-electron chi connectivity index (χ4n) is 0.248. The van der Waals surface area contributed by atoms with E-state index in [0.717, 1.165) is 0 Å². The standard InChI is InChI=1S/C3H8N2O2S/c1-4(6)3(8)5(2)7/h4-5H,1-2H3. The molecule has 0 radical (unpaired) electrons. The summed E-state index contributed by atoms with van der Waals surface area (Å²) in [5.41, 5.74) is 0. The van der Waals surface area contributed by atoms with Crippen LogP contribution in [0, 0.1) is 10.4 Å². The van der Waals surface area contributed by atoms with Crippen LogP contribution >= 0.6 is 12.2 Å². The van der Waals surface area contributed by atoms with Crippen LogP contribution < -0.4 is 10.1 Å². The average molecular weight is 136 g/mol. The van der Waals surface area contributed by atoms with E-state index in [0.29, 0.717) is 0 Å². The first-order valence-electron chi connectivity index (χ1n) is 2.11. The smallest absolute Gasteiger partial charge is 0.360 e. The van der Waals surface area contributed by atoms with Crippen molar-refractivity contribution in [2.24, 2.45) is 0 Å². The molecule has 0 aliphatic rings. The molecule has 0 rings (SSSR count). The van der Waals surface area contributed by atoms with Gasteiger partial charge in [0.15, 0.2) is 0 Å². The van der Waals surface area contributed by atoms with E-state index in [-0.39, 0.29) is 15.2 Å². The first-order chi connectivity index (χ1) is 3.55. The summed E-state index contributed by atoms with van der Waals surface area (Å²) in [5, 5.41) is 19.7. The molecule has 5 heteroatoms. The normalized spacial score (nSPS) is 17.5. The monoisotopic (exact) mass is 136 g/mol. The van der Waals surface area contributed by atoms with Crippen LogP contribution in [0.25, 0.3) is 0 Å². The number of quaternary nitrogens is 2. The van der Waals surface area contributed by atoms with Crippen molar-refractivity contribution in [2.75, 3.05) is 14.1 Å². The summed E-state index contributed by atoms with van der Waals surface area (Å²) >= 11 is 4.40. The SMILES string of the molecule is C[NH+]([O-])C(=S)[NH+](C)[O-]. The lowest BCUT2D eigenvalue weighted by Crippen LogP contribution is -3.27. The van der Waals surface area contributed by atoms with Crippen molar-refractivity contribution in [1.82, 2.24) is 0 Å². The van der Waals surface area contributed by atoms with E-state index < -0.39 is 0 Å². The van der Waals surface area contributed by atoms with Gasteiger partial charge in [-0.05, 0) is 0 Å².